The van der Waals surface area contributed by atoms with Gasteiger partial charge in [0, 0.05) is 11.6 Å². The molecule has 0 N–H and O–H groups in total. The lowest BCUT2D eigenvalue weighted by molar-refractivity contribution is -0.148. The van der Waals surface area contributed by atoms with Crippen molar-refractivity contribution in [1.82, 2.24) is 9.78 Å². The van der Waals surface area contributed by atoms with Crippen LogP contribution in [-0.2, 0) is 16.1 Å². The Bertz CT molecular complexity index is 939. The maximum absolute atomic E-state index is 12.0. The highest BCUT2D eigenvalue weighted by molar-refractivity contribution is 5.95. The van der Waals surface area contributed by atoms with Crippen LogP contribution in [0, 0.1) is 0 Å². The molecule has 122 valence electrons. The first kappa shape index (κ1) is 15.9. The summed E-state index contributed by atoms with van der Waals surface area (Å²) in [4.78, 5) is 23.8. The van der Waals surface area contributed by atoms with Gasteiger partial charge in [0.1, 0.15) is 6.54 Å². The lowest BCUT2D eigenvalue weighted by atomic mass is 10.0. The van der Waals surface area contributed by atoms with Crippen molar-refractivity contribution < 1.29 is 9.53 Å². The summed E-state index contributed by atoms with van der Waals surface area (Å²) in [6.07, 6.45) is -0.227. The number of carbonyl (C=O) groups excluding carboxylic acids is 1. The molecule has 0 atom stereocenters. The van der Waals surface area contributed by atoms with E-state index >= 15 is 0 Å². The Morgan fingerprint density at radius 1 is 1.08 bits per heavy atom. The smallest absolute Gasteiger partial charge is 0.328 e. The second-order valence-corrected chi connectivity index (χ2v) is 5.78. The van der Waals surface area contributed by atoms with Gasteiger partial charge in [-0.25, -0.2) is 4.68 Å². The lowest BCUT2D eigenvalue weighted by Crippen LogP contribution is -2.28. The maximum atomic E-state index is 12.0. The molecule has 0 radical (unpaired) electrons. The van der Waals surface area contributed by atoms with Crippen LogP contribution in [-0.4, -0.2) is 21.9 Å². The number of rotatable bonds is 4. The summed E-state index contributed by atoms with van der Waals surface area (Å²) in [5.41, 5.74) is 1.22. The number of fused-ring (bicyclic) bond motifs is 1. The number of hydrogen-bond acceptors (Lipinski definition) is 4. The van der Waals surface area contributed by atoms with Crippen LogP contribution in [0.3, 0.4) is 0 Å². The van der Waals surface area contributed by atoms with E-state index in [4.69, 9.17) is 4.74 Å². The van der Waals surface area contributed by atoms with E-state index in [2.05, 4.69) is 5.10 Å². The molecule has 0 bridgehead atoms. The summed E-state index contributed by atoms with van der Waals surface area (Å²) >= 11 is 0. The van der Waals surface area contributed by atoms with Crippen LogP contribution in [0.4, 0.5) is 0 Å². The fourth-order valence-corrected chi connectivity index (χ4v) is 2.58. The van der Waals surface area contributed by atoms with Crippen LogP contribution >= 0.6 is 0 Å². The van der Waals surface area contributed by atoms with Crippen molar-refractivity contribution in [1.29, 1.82) is 0 Å². The molecular weight excluding hydrogens is 304 g/mol. The third-order valence-electron chi connectivity index (χ3n) is 3.58. The zero-order valence-corrected chi connectivity index (χ0v) is 13.6. The Morgan fingerprint density at radius 2 is 1.83 bits per heavy atom. The van der Waals surface area contributed by atoms with E-state index in [-0.39, 0.29) is 18.2 Å². The molecular formula is C19H18N2O3. The van der Waals surface area contributed by atoms with E-state index in [0.717, 1.165) is 21.0 Å². The van der Waals surface area contributed by atoms with Crippen LogP contribution < -0.4 is 5.56 Å². The number of esters is 1. The van der Waals surface area contributed by atoms with Gasteiger partial charge in [0.15, 0.2) is 0 Å². The molecule has 5 heteroatoms. The molecule has 0 saturated heterocycles. The topological polar surface area (TPSA) is 61.2 Å². The van der Waals surface area contributed by atoms with Crippen molar-refractivity contribution in [2.24, 2.45) is 0 Å². The molecule has 24 heavy (non-hydrogen) atoms. The van der Waals surface area contributed by atoms with Gasteiger partial charge in [-0.05, 0) is 30.7 Å². The lowest BCUT2D eigenvalue weighted by Gasteiger charge is -2.10. The molecule has 0 aliphatic carbocycles. The second-order valence-electron chi connectivity index (χ2n) is 5.78. The molecule has 3 rings (SSSR count). The number of carbonyl (C=O) groups is 1. The number of benzene rings is 2. The molecule has 0 aliphatic heterocycles. The van der Waals surface area contributed by atoms with E-state index in [9.17, 15) is 9.59 Å². The van der Waals surface area contributed by atoms with E-state index in [1.165, 1.54) is 6.07 Å². The third kappa shape index (κ3) is 3.35. The fraction of sp³-hybridized carbons (Fsp3) is 0.211. The molecule has 0 amide bonds. The van der Waals surface area contributed by atoms with Gasteiger partial charge in [-0.1, -0.05) is 42.5 Å². The number of ether oxygens (including phenoxy) is 1. The maximum Gasteiger partial charge on any atom is 0.328 e. The summed E-state index contributed by atoms with van der Waals surface area (Å²) < 4.78 is 6.23. The number of nitrogens with zero attached hydrogens (tertiary/aromatic N) is 2. The summed E-state index contributed by atoms with van der Waals surface area (Å²) in [5, 5.41) is 6.48. The predicted molar refractivity (Wildman–Crippen MR) is 92.7 cm³/mol. The van der Waals surface area contributed by atoms with Gasteiger partial charge in [-0.3, -0.25) is 9.59 Å². The van der Waals surface area contributed by atoms with Crippen molar-refractivity contribution in [3.05, 3.63) is 65.0 Å². The van der Waals surface area contributed by atoms with Crippen molar-refractivity contribution in [2.45, 2.75) is 26.5 Å². The van der Waals surface area contributed by atoms with E-state index in [0.29, 0.717) is 5.69 Å². The summed E-state index contributed by atoms with van der Waals surface area (Å²) in [6.45, 7) is 3.33. The number of hydrogen-bond donors (Lipinski definition) is 0. The first-order valence-electron chi connectivity index (χ1n) is 7.80. The Morgan fingerprint density at radius 3 is 2.62 bits per heavy atom. The van der Waals surface area contributed by atoms with Gasteiger partial charge in [-0.2, -0.15) is 5.10 Å². The van der Waals surface area contributed by atoms with Gasteiger partial charge in [0.2, 0.25) is 0 Å². The van der Waals surface area contributed by atoms with Crippen molar-refractivity contribution in [3.63, 3.8) is 0 Å². The van der Waals surface area contributed by atoms with Crippen LogP contribution in [0.2, 0.25) is 0 Å². The molecule has 3 aromatic rings. The Balaban J connectivity index is 2.02. The van der Waals surface area contributed by atoms with Gasteiger partial charge in [-0.15, -0.1) is 0 Å². The zero-order chi connectivity index (χ0) is 17.1. The normalized spacial score (nSPS) is 11.0. The average Bonchev–Trinajstić information content (AvgIpc) is 2.55. The van der Waals surface area contributed by atoms with Gasteiger partial charge >= 0.3 is 5.97 Å². The molecule has 1 heterocycles. The minimum atomic E-state index is -0.477. The number of aromatic nitrogens is 2. The molecule has 5 nitrogen and oxygen atoms in total. The van der Waals surface area contributed by atoms with Crippen molar-refractivity contribution in [3.8, 4) is 11.3 Å². The van der Waals surface area contributed by atoms with Crippen LogP contribution in [0.5, 0.6) is 0 Å². The quantitative estimate of drug-likeness (QED) is 0.693. The highest BCUT2D eigenvalue weighted by atomic mass is 16.5. The predicted octanol–water partition coefficient (Wildman–Crippen LogP) is 3.02. The second kappa shape index (κ2) is 6.66. The van der Waals surface area contributed by atoms with Crippen LogP contribution in [0.15, 0.2) is 59.4 Å². The van der Waals surface area contributed by atoms with Gasteiger partial charge in [0.25, 0.3) is 5.56 Å². The average molecular weight is 322 g/mol. The van der Waals surface area contributed by atoms with Gasteiger partial charge < -0.3 is 4.74 Å². The Kier molecular flexibility index (Phi) is 4.42. The standard InChI is InChI=1S/C19H18N2O3/c1-13(2)24-19(23)12-21-18(22)11-10-17(20-21)16-9-5-7-14-6-3-4-8-15(14)16/h3-11,13H,12H2,1-2H3. The summed E-state index contributed by atoms with van der Waals surface area (Å²) in [5.74, 6) is -0.477. The summed E-state index contributed by atoms with van der Waals surface area (Å²) in [7, 11) is 0. The molecule has 0 aliphatic rings. The van der Waals surface area contributed by atoms with Gasteiger partial charge in [0.05, 0.1) is 11.8 Å². The molecule has 2 aromatic carbocycles. The highest BCUT2D eigenvalue weighted by Gasteiger charge is 2.11. The van der Waals surface area contributed by atoms with E-state index < -0.39 is 5.97 Å². The van der Waals surface area contributed by atoms with Crippen LogP contribution in [0.25, 0.3) is 22.0 Å². The van der Waals surface area contributed by atoms with Crippen LogP contribution in [0.1, 0.15) is 13.8 Å². The minimum Gasteiger partial charge on any atom is -0.462 e. The van der Waals surface area contributed by atoms with Crippen molar-refractivity contribution in [2.75, 3.05) is 0 Å². The van der Waals surface area contributed by atoms with E-state index in [1.807, 2.05) is 42.5 Å². The molecule has 0 spiro atoms. The fourth-order valence-electron chi connectivity index (χ4n) is 2.58. The zero-order valence-electron chi connectivity index (χ0n) is 13.6. The molecule has 0 fully saturated rings. The SMILES string of the molecule is CC(C)OC(=O)Cn1nc(-c2cccc3ccccc23)ccc1=O. The van der Waals surface area contributed by atoms with Crippen molar-refractivity contribution >= 4 is 16.7 Å². The highest BCUT2D eigenvalue weighted by Crippen LogP contribution is 2.26. The van der Waals surface area contributed by atoms with E-state index in [1.54, 1.807) is 19.9 Å². The molecule has 0 saturated carbocycles. The minimum absolute atomic E-state index is 0.199. The monoisotopic (exact) mass is 322 g/mol. The third-order valence-corrected chi connectivity index (χ3v) is 3.58. The first-order valence-corrected chi connectivity index (χ1v) is 7.80. The Labute approximate surface area is 139 Å². The largest absolute Gasteiger partial charge is 0.462 e. The molecule has 0 unspecified atom stereocenters. The summed E-state index contributed by atoms with van der Waals surface area (Å²) in [6, 6.07) is 17.0. The first-order chi connectivity index (χ1) is 11.5. The molecule has 1 aromatic heterocycles. The Hall–Kier alpha value is -2.95.